The van der Waals surface area contributed by atoms with Gasteiger partial charge >= 0.3 is 0 Å². The van der Waals surface area contributed by atoms with Crippen LogP contribution in [-0.2, 0) is 12.8 Å². The van der Waals surface area contributed by atoms with E-state index in [1.165, 1.54) is 11.1 Å². The fourth-order valence-electron chi connectivity index (χ4n) is 6.69. The zero-order chi connectivity index (χ0) is 39.4. The Balaban J connectivity index is 2.04. The molecule has 2 atom stereocenters. The van der Waals surface area contributed by atoms with Gasteiger partial charge < -0.3 is 22.8 Å². The monoisotopic (exact) mass is 758 g/mol. The van der Waals surface area contributed by atoms with Crippen LogP contribution in [0.1, 0.15) is 125 Å². The third kappa shape index (κ3) is 11.4. The van der Waals surface area contributed by atoms with Crippen molar-refractivity contribution in [3.8, 4) is 39.9 Å². The second-order valence-electron chi connectivity index (χ2n) is 17.7. The average molecular weight is 759 g/mol. The molecule has 0 amide bonds. The minimum Gasteiger partial charge on any atom is -0.491 e. The van der Waals surface area contributed by atoms with Crippen LogP contribution in [0, 0.1) is 52.4 Å². The Labute approximate surface area is 324 Å². The van der Waals surface area contributed by atoms with E-state index >= 15 is 0 Å². The second kappa shape index (κ2) is 17.5. The fraction of sp³-hybridized carbons (Fsp3) is 0.478. The highest BCUT2D eigenvalue weighted by Crippen LogP contribution is 2.53. The van der Waals surface area contributed by atoms with Crippen molar-refractivity contribution in [2.45, 2.75) is 136 Å². The molecular weight excluding hydrogens is 694 g/mol. The first kappa shape index (κ1) is 42.5. The van der Waals surface area contributed by atoms with Crippen molar-refractivity contribution in [3.05, 3.63) is 98.6 Å². The molecular formula is C46H64O5P2. The van der Waals surface area contributed by atoms with Gasteiger partial charge in [0, 0.05) is 16.7 Å². The van der Waals surface area contributed by atoms with Crippen LogP contribution in [-0.4, -0.2) is 6.10 Å². The lowest BCUT2D eigenvalue weighted by atomic mass is 9.80. The van der Waals surface area contributed by atoms with Gasteiger partial charge in [-0.3, -0.25) is 0 Å². The van der Waals surface area contributed by atoms with E-state index in [0.717, 1.165) is 91.7 Å². The highest BCUT2D eigenvalue weighted by atomic mass is 31.1. The van der Waals surface area contributed by atoms with Gasteiger partial charge in [-0.1, -0.05) is 85.7 Å². The molecule has 53 heavy (non-hydrogen) atoms. The molecule has 0 saturated carbocycles. The Kier molecular flexibility index (Phi) is 14.0. The Hall–Kier alpha value is -3.26. The largest absolute Gasteiger partial charge is 0.491 e. The van der Waals surface area contributed by atoms with Gasteiger partial charge in [-0.05, 0) is 148 Å². The fourth-order valence-corrected chi connectivity index (χ4v) is 8.02. The van der Waals surface area contributed by atoms with Crippen LogP contribution in [0.4, 0.5) is 0 Å². The van der Waals surface area contributed by atoms with Crippen LogP contribution in [0.5, 0.6) is 28.7 Å². The van der Waals surface area contributed by atoms with Crippen LogP contribution in [0.15, 0.2) is 48.5 Å². The van der Waals surface area contributed by atoms with Crippen LogP contribution >= 0.6 is 18.1 Å². The molecule has 288 valence electrons. The summed E-state index contributed by atoms with van der Waals surface area (Å²) in [5, 5.41) is 0. The molecule has 7 heteroatoms. The lowest BCUT2D eigenvalue weighted by Crippen LogP contribution is -2.14. The van der Waals surface area contributed by atoms with Crippen LogP contribution in [0.25, 0.3) is 11.1 Å². The minimum atomic E-state index is -0.258. The maximum Gasteiger partial charge on any atom is 0.275 e. The van der Waals surface area contributed by atoms with Gasteiger partial charge in [0.15, 0.2) is 0 Å². The summed E-state index contributed by atoms with van der Waals surface area (Å²) in [6.07, 6.45) is 1.60. The normalized spacial score (nSPS) is 12.5. The van der Waals surface area contributed by atoms with E-state index in [9.17, 15) is 0 Å². The molecule has 0 spiro atoms. The summed E-state index contributed by atoms with van der Waals surface area (Å²) >= 11 is 0. The van der Waals surface area contributed by atoms with E-state index in [-0.39, 0.29) is 35.0 Å². The molecule has 0 bridgehead atoms. The third-order valence-electron chi connectivity index (χ3n) is 9.18. The molecule has 0 radical (unpaired) electrons. The highest BCUT2D eigenvalue weighted by Gasteiger charge is 2.30. The number of hydrogen-bond donors (Lipinski definition) is 0. The molecule has 0 aliphatic carbocycles. The molecule has 4 aromatic carbocycles. The Morgan fingerprint density at radius 3 is 1.38 bits per heavy atom. The second-order valence-corrected chi connectivity index (χ2v) is 18.9. The van der Waals surface area contributed by atoms with Gasteiger partial charge in [-0.2, -0.15) is 0 Å². The van der Waals surface area contributed by atoms with E-state index in [0.29, 0.717) is 5.92 Å². The van der Waals surface area contributed by atoms with E-state index in [1.54, 1.807) is 0 Å². The van der Waals surface area contributed by atoms with Crippen molar-refractivity contribution in [1.29, 1.82) is 0 Å². The maximum absolute atomic E-state index is 6.94. The van der Waals surface area contributed by atoms with Gasteiger partial charge in [0.1, 0.15) is 28.7 Å². The van der Waals surface area contributed by atoms with Crippen molar-refractivity contribution < 1.29 is 22.8 Å². The molecule has 0 heterocycles. The first-order valence-electron chi connectivity index (χ1n) is 19.0. The summed E-state index contributed by atoms with van der Waals surface area (Å²) in [5.41, 5.74) is 12.2. The van der Waals surface area contributed by atoms with Crippen molar-refractivity contribution in [1.82, 2.24) is 0 Å². The molecule has 0 aliphatic heterocycles. The highest BCUT2D eigenvalue weighted by molar-refractivity contribution is 7.27. The van der Waals surface area contributed by atoms with Crippen LogP contribution in [0.2, 0.25) is 0 Å². The van der Waals surface area contributed by atoms with E-state index in [4.69, 9.17) is 22.8 Å². The summed E-state index contributed by atoms with van der Waals surface area (Å²) in [5.74, 6) is 4.46. The van der Waals surface area contributed by atoms with Crippen molar-refractivity contribution in [3.63, 3.8) is 0 Å². The van der Waals surface area contributed by atoms with E-state index in [2.05, 4.69) is 159 Å². The predicted octanol–water partition coefficient (Wildman–Crippen LogP) is 14.2. The van der Waals surface area contributed by atoms with E-state index in [1.807, 2.05) is 0 Å². The molecule has 0 aromatic heterocycles. The molecule has 0 fully saturated rings. The van der Waals surface area contributed by atoms with Crippen molar-refractivity contribution in [2.75, 3.05) is 0 Å². The summed E-state index contributed by atoms with van der Waals surface area (Å²) in [6.45, 7) is 35.0. The number of rotatable bonds is 14. The average Bonchev–Trinajstić information content (AvgIpc) is 3.02. The SMILES string of the molecule is Cc1ccc(C)c(OPOc2c(CC(C)(C)C)cc(OC(C)C)c(C)c2-c2c(C)c(C(C)C)cc(CC(C)(C)C)c2OPOc2cc(C)ccc2C)c1. The third-order valence-corrected chi connectivity index (χ3v) is 10.4. The summed E-state index contributed by atoms with van der Waals surface area (Å²) in [4.78, 5) is 0. The number of benzene rings is 4. The number of hydrogen-bond acceptors (Lipinski definition) is 5. The number of ether oxygens (including phenoxy) is 1. The summed E-state index contributed by atoms with van der Waals surface area (Å²) in [7, 11) is -0.506. The minimum absolute atomic E-state index is 0.00521. The van der Waals surface area contributed by atoms with Crippen LogP contribution < -0.4 is 22.8 Å². The lowest BCUT2D eigenvalue weighted by Gasteiger charge is -2.30. The van der Waals surface area contributed by atoms with Gasteiger partial charge in [-0.25, -0.2) is 0 Å². The summed E-state index contributed by atoms with van der Waals surface area (Å²) in [6, 6.07) is 17.1. The van der Waals surface area contributed by atoms with Gasteiger partial charge in [0.05, 0.1) is 6.10 Å². The zero-order valence-corrected chi connectivity index (χ0v) is 37.2. The van der Waals surface area contributed by atoms with Gasteiger partial charge in [0.25, 0.3) is 18.1 Å². The molecule has 5 nitrogen and oxygen atoms in total. The summed E-state index contributed by atoms with van der Waals surface area (Å²) < 4.78 is 33.3. The topological polar surface area (TPSA) is 46.2 Å². The molecule has 0 N–H and O–H groups in total. The zero-order valence-electron chi connectivity index (χ0n) is 35.2. The van der Waals surface area contributed by atoms with E-state index < -0.39 is 0 Å². The quantitative estimate of drug-likeness (QED) is 0.120. The first-order chi connectivity index (χ1) is 24.6. The molecule has 4 rings (SSSR count). The number of aryl methyl sites for hydroxylation is 4. The maximum atomic E-state index is 6.94. The standard InChI is InChI=1S/C46H64O5P2/c1-27(2)37-23-35(25-45(11,12)13)43(50-52-48-38-21-29(5)17-19-31(38)7)41(33(37)9)42-34(10)40(47-28(3)4)24-36(26-46(14,15)16)44(42)51-53-49-39-22-30(6)18-20-32(39)8/h17-24,27-28,52-53H,25-26H2,1-16H3. The molecule has 2 unspecified atom stereocenters. The first-order valence-corrected chi connectivity index (χ1v) is 20.6. The molecule has 4 aromatic rings. The Morgan fingerprint density at radius 2 is 0.962 bits per heavy atom. The lowest BCUT2D eigenvalue weighted by molar-refractivity contribution is 0.240. The predicted molar refractivity (Wildman–Crippen MR) is 228 cm³/mol. The van der Waals surface area contributed by atoms with Gasteiger partial charge in [-0.15, -0.1) is 0 Å². The molecule has 0 aliphatic rings. The smallest absolute Gasteiger partial charge is 0.275 e. The van der Waals surface area contributed by atoms with Crippen molar-refractivity contribution in [2.24, 2.45) is 10.8 Å². The molecule has 0 saturated heterocycles. The van der Waals surface area contributed by atoms with Crippen LogP contribution in [0.3, 0.4) is 0 Å². The van der Waals surface area contributed by atoms with Gasteiger partial charge in [0.2, 0.25) is 0 Å². The Morgan fingerprint density at radius 1 is 0.528 bits per heavy atom. The Bertz CT molecular complexity index is 1900. The van der Waals surface area contributed by atoms with Crippen molar-refractivity contribution >= 4 is 18.1 Å².